The molecule has 2 saturated carbocycles. The largest absolute Gasteiger partial charge is 0.248 e. The van der Waals surface area contributed by atoms with Gasteiger partial charge in [-0.1, -0.05) is 27.7 Å². The highest BCUT2D eigenvalue weighted by atomic mass is 19.3. The molecule has 0 aromatic rings. The van der Waals surface area contributed by atoms with Gasteiger partial charge in [-0.3, -0.25) is 0 Å². The third-order valence-electron chi connectivity index (χ3n) is 5.31. The van der Waals surface area contributed by atoms with E-state index in [9.17, 15) is 8.78 Å². The summed E-state index contributed by atoms with van der Waals surface area (Å²) in [5.41, 5.74) is 0.682. The summed E-state index contributed by atoms with van der Waals surface area (Å²) in [5.74, 6) is -2.40. The topological polar surface area (TPSA) is 0 Å². The number of rotatable bonds is 0. The zero-order valence-corrected chi connectivity index (χ0v) is 10.3. The molecule has 0 aromatic carbocycles. The highest BCUT2D eigenvalue weighted by Gasteiger charge is 2.66. The molecule has 0 aromatic heterocycles. The van der Waals surface area contributed by atoms with Crippen molar-refractivity contribution >= 4 is 0 Å². The molecule has 1 spiro atoms. The van der Waals surface area contributed by atoms with Crippen LogP contribution in [-0.4, -0.2) is 5.92 Å². The lowest BCUT2D eigenvalue weighted by atomic mass is 9.35. The maximum atomic E-state index is 13.2. The molecule has 0 nitrogen and oxygen atoms in total. The fraction of sp³-hybridized carbons (Fsp3) is 1.00. The van der Waals surface area contributed by atoms with Crippen LogP contribution in [0.3, 0.4) is 0 Å². The number of hydrogen-bond acceptors (Lipinski definition) is 0. The van der Waals surface area contributed by atoms with E-state index in [0.29, 0.717) is 12.8 Å². The van der Waals surface area contributed by atoms with Gasteiger partial charge >= 0.3 is 0 Å². The Labute approximate surface area is 91.4 Å². The van der Waals surface area contributed by atoms with Gasteiger partial charge in [0, 0.05) is 12.8 Å². The van der Waals surface area contributed by atoms with Gasteiger partial charge in [0.15, 0.2) is 0 Å². The van der Waals surface area contributed by atoms with E-state index < -0.39 is 5.92 Å². The van der Waals surface area contributed by atoms with Gasteiger partial charge in [0.2, 0.25) is 5.92 Å². The van der Waals surface area contributed by atoms with E-state index in [2.05, 4.69) is 27.7 Å². The second-order valence-electron chi connectivity index (χ2n) is 6.88. The summed E-state index contributed by atoms with van der Waals surface area (Å²) in [7, 11) is 0. The minimum absolute atomic E-state index is 0.0971. The van der Waals surface area contributed by atoms with Gasteiger partial charge in [-0.15, -0.1) is 0 Å². The average molecular weight is 216 g/mol. The fourth-order valence-corrected chi connectivity index (χ4v) is 4.65. The Bertz CT molecular complexity index is 250. The SMILES string of the molecule is CC1(C)CC(C)(C)C12CCC(F)(F)CC2. The molecule has 2 heteroatoms. The molecule has 0 heterocycles. The smallest absolute Gasteiger partial charge is 0.207 e. The first-order valence-corrected chi connectivity index (χ1v) is 6.00. The molecular weight excluding hydrogens is 194 g/mol. The van der Waals surface area contributed by atoms with Crippen molar-refractivity contribution < 1.29 is 8.78 Å². The second-order valence-corrected chi connectivity index (χ2v) is 6.88. The average Bonchev–Trinajstić information content (AvgIpc) is 2.00. The lowest BCUT2D eigenvalue weighted by Gasteiger charge is -2.70. The predicted molar refractivity (Wildman–Crippen MR) is 58.0 cm³/mol. The van der Waals surface area contributed by atoms with Crippen molar-refractivity contribution in [2.75, 3.05) is 0 Å². The highest BCUT2D eigenvalue weighted by molar-refractivity contribution is 5.14. The molecule has 0 aliphatic heterocycles. The van der Waals surface area contributed by atoms with Crippen molar-refractivity contribution in [3.63, 3.8) is 0 Å². The zero-order valence-electron chi connectivity index (χ0n) is 10.3. The monoisotopic (exact) mass is 216 g/mol. The van der Waals surface area contributed by atoms with Crippen LogP contribution in [0.4, 0.5) is 8.78 Å². The van der Waals surface area contributed by atoms with Gasteiger partial charge < -0.3 is 0 Å². The molecule has 15 heavy (non-hydrogen) atoms. The summed E-state index contributed by atoms with van der Waals surface area (Å²) >= 11 is 0. The van der Waals surface area contributed by atoms with Gasteiger partial charge in [-0.25, -0.2) is 8.78 Å². The Morgan fingerprint density at radius 1 is 0.733 bits per heavy atom. The van der Waals surface area contributed by atoms with E-state index in [-0.39, 0.29) is 29.1 Å². The molecular formula is C13H22F2. The molecule has 88 valence electrons. The van der Waals surface area contributed by atoms with Crippen LogP contribution in [0.25, 0.3) is 0 Å². The highest BCUT2D eigenvalue weighted by Crippen LogP contribution is 2.73. The van der Waals surface area contributed by atoms with Gasteiger partial charge in [-0.05, 0) is 35.5 Å². The van der Waals surface area contributed by atoms with Crippen LogP contribution in [0.5, 0.6) is 0 Å². The predicted octanol–water partition coefficient (Wildman–Crippen LogP) is 4.64. The summed E-state index contributed by atoms with van der Waals surface area (Å²) in [6.07, 6.45) is 2.78. The molecule has 2 aliphatic carbocycles. The number of alkyl halides is 2. The van der Waals surface area contributed by atoms with E-state index >= 15 is 0 Å². The lowest BCUT2D eigenvalue weighted by Crippen LogP contribution is -2.62. The number of halogens is 2. The zero-order chi connectivity index (χ0) is 11.5. The van der Waals surface area contributed by atoms with Gasteiger partial charge in [0.25, 0.3) is 0 Å². The molecule has 2 rings (SSSR count). The molecule has 0 saturated heterocycles. The standard InChI is InChI=1S/C13H22F2/c1-10(2)9-11(3,4)12(10)5-7-13(14,15)8-6-12/h5-9H2,1-4H3. The van der Waals surface area contributed by atoms with E-state index in [4.69, 9.17) is 0 Å². The quantitative estimate of drug-likeness (QED) is 0.553. The fourth-order valence-electron chi connectivity index (χ4n) is 4.65. The van der Waals surface area contributed by atoms with Crippen LogP contribution in [-0.2, 0) is 0 Å². The summed E-state index contributed by atoms with van der Waals surface area (Å²) in [5, 5.41) is 0. The minimum atomic E-state index is -2.40. The van der Waals surface area contributed by atoms with E-state index in [0.717, 1.165) is 0 Å². The van der Waals surface area contributed by atoms with E-state index in [1.807, 2.05) is 0 Å². The van der Waals surface area contributed by atoms with Crippen LogP contribution in [0.1, 0.15) is 59.8 Å². The number of hydrogen-bond donors (Lipinski definition) is 0. The first kappa shape index (κ1) is 11.3. The molecule has 0 N–H and O–H groups in total. The third-order valence-corrected chi connectivity index (χ3v) is 5.31. The molecule has 2 fully saturated rings. The second kappa shape index (κ2) is 2.75. The Balaban J connectivity index is 2.21. The minimum Gasteiger partial charge on any atom is -0.207 e. The Morgan fingerprint density at radius 3 is 1.47 bits per heavy atom. The molecule has 0 unspecified atom stereocenters. The van der Waals surface area contributed by atoms with Crippen LogP contribution in [0.15, 0.2) is 0 Å². The Kier molecular flexibility index (Phi) is 2.08. The van der Waals surface area contributed by atoms with Gasteiger partial charge in [-0.2, -0.15) is 0 Å². The van der Waals surface area contributed by atoms with Crippen LogP contribution in [0.2, 0.25) is 0 Å². The van der Waals surface area contributed by atoms with Crippen LogP contribution >= 0.6 is 0 Å². The van der Waals surface area contributed by atoms with Crippen molar-refractivity contribution in [1.82, 2.24) is 0 Å². The first-order chi connectivity index (χ1) is 6.62. The summed E-state index contributed by atoms with van der Waals surface area (Å²) in [6.45, 7) is 9.01. The Hall–Kier alpha value is -0.140. The molecule has 0 amide bonds. The normalized spacial score (nSPS) is 34.8. The van der Waals surface area contributed by atoms with Crippen molar-refractivity contribution in [3.05, 3.63) is 0 Å². The van der Waals surface area contributed by atoms with Crippen molar-refractivity contribution in [2.24, 2.45) is 16.2 Å². The van der Waals surface area contributed by atoms with E-state index in [1.54, 1.807) is 0 Å². The maximum Gasteiger partial charge on any atom is 0.248 e. The van der Waals surface area contributed by atoms with Crippen molar-refractivity contribution in [3.8, 4) is 0 Å². The third kappa shape index (κ3) is 1.36. The van der Waals surface area contributed by atoms with Gasteiger partial charge in [0.1, 0.15) is 0 Å². The summed E-state index contributed by atoms with van der Waals surface area (Å²) in [6, 6.07) is 0. The summed E-state index contributed by atoms with van der Waals surface area (Å²) in [4.78, 5) is 0. The molecule has 0 atom stereocenters. The lowest BCUT2D eigenvalue weighted by molar-refractivity contribution is -0.229. The summed E-state index contributed by atoms with van der Waals surface area (Å²) < 4.78 is 26.4. The maximum absolute atomic E-state index is 13.2. The van der Waals surface area contributed by atoms with Crippen molar-refractivity contribution in [1.29, 1.82) is 0 Å². The molecule has 0 radical (unpaired) electrons. The van der Waals surface area contributed by atoms with Crippen LogP contribution < -0.4 is 0 Å². The Morgan fingerprint density at radius 2 is 1.13 bits per heavy atom. The van der Waals surface area contributed by atoms with Crippen molar-refractivity contribution in [2.45, 2.75) is 65.7 Å². The van der Waals surface area contributed by atoms with E-state index in [1.165, 1.54) is 6.42 Å². The van der Waals surface area contributed by atoms with Crippen LogP contribution in [0, 0.1) is 16.2 Å². The van der Waals surface area contributed by atoms with Gasteiger partial charge in [0.05, 0.1) is 0 Å². The molecule has 2 aliphatic rings. The first-order valence-electron chi connectivity index (χ1n) is 6.00. The molecule has 0 bridgehead atoms.